The molecule has 0 unspecified atom stereocenters. The lowest BCUT2D eigenvalue weighted by Crippen LogP contribution is -2.14. The average Bonchev–Trinajstić information content (AvgIpc) is 3.35. The van der Waals surface area contributed by atoms with Gasteiger partial charge in [0, 0.05) is 5.56 Å². The molecule has 0 aliphatic heterocycles. The first-order valence-corrected chi connectivity index (χ1v) is 9.30. The molecular weight excluding hydrogens is 393 g/mol. The Hall–Kier alpha value is -3.42. The zero-order chi connectivity index (χ0) is 21.5. The van der Waals surface area contributed by atoms with Gasteiger partial charge in [-0.25, -0.2) is 4.68 Å². The van der Waals surface area contributed by atoms with E-state index >= 15 is 0 Å². The number of halogens is 3. The highest BCUT2D eigenvalue weighted by atomic mass is 19.4. The molecule has 5 nitrogen and oxygen atoms in total. The molecule has 2 aromatic carbocycles. The maximum atomic E-state index is 13.8. The molecule has 8 heteroatoms. The maximum absolute atomic E-state index is 13.8. The fourth-order valence-electron chi connectivity index (χ4n) is 3.11. The van der Waals surface area contributed by atoms with Crippen molar-refractivity contribution in [3.63, 3.8) is 0 Å². The second-order valence-corrected chi connectivity index (χ2v) is 7.90. The molecule has 0 spiro atoms. The van der Waals surface area contributed by atoms with Gasteiger partial charge in [-0.15, -0.1) is 0 Å². The molecule has 0 aliphatic carbocycles. The van der Waals surface area contributed by atoms with Crippen molar-refractivity contribution < 1.29 is 17.7 Å². The van der Waals surface area contributed by atoms with Gasteiger partial charge in [0.05, 0.1) is 17.4 Å². The predicted octanol–water partition coefficient (Wildman–Crippen LogP) is 5.91. The normalized spacial score (nSPS) is 12.3. The van der Waals surface area contributed by atoms with Crippen LogP contribution in [0, 0.1) is 0 Å². The molecule has 154 valence electrons. The van der Waals surface area contributed by atoms with E-state index < -0.39 is 11.9 Å². The summed E-state index contributed by atoms with van der Waals surface area (Å²) in [6.45, 7) is 6.28. The van der Waals surface area contributed by atoms with Crippen LogP contribution in [0.4, 0.5) is 13.2 Å². The zero-order valence-electron chi connectivity index (χ0n) is 16.6. The van der Waals surface area contributed by atoms with Crippen LogP contribution in [0.3, 0.4) is 0 Å². The fraction of sp³-hybridized carbons (Fsp3) is 0.227. The van der Waals surface area contributed by atoms with Crippen LogP contribution >= 0.6 is 0 Å². The lowest BCUT2D eigenvalue weighted by atomic mass is 9.87. The van der Waals surface area contributed by atoms with Crippen LogP contribution in [-0.2, 0) is 11.6 Å². The van der Waals surface area contributed by atoms with E-state index in [9.17, 15) is 13.2 Å². The molecule has 0 saturated heterocycles. The summed E-state index contributed by atoms with van der Waals surface area (Å²) < 4.78 is 47.5. The van der Waals surface area contributed by atoms with Crippen molar-refractivity contribution in [1.29, 1.82) is 0 Å². The molecule has 0 bridgehead atoms. The first kappa shape index (κ1) is 19.9. The van der Waals surface area contributed by atoms with Crippen LogP contribution in [0.2, 0.25) is 0 Å². The summed E-state index contributed by atoms with van der Waals surface area (Å²) in [5.74, 6) is -0.0227. The van der Waals surface area contributed by atoms with Crippen molar-refractivity contribution in [3.05, 3.63) is 72.1 Å². The molecule has 0 amide bonds. The van der Waals surface area contributed by atoms with E-state index in [1.165, 1.54) is 0 Å². The van der Waals surface area contributed by atoms with Gasteiger partial charge in [0.15, 0.2) is 5.69 Å². The van der Waals surface area contributed by atoms with Crippen LogP contribution in [0.1, 0.15) is 32.0 Å². The highest BCUT2D eigenvalue weighted by Gasteiger charge is 2.40. The molecular formula is C22H19F3N4O. The van der Waals surface area contributed by atoms with Gasteiger partial charge in [0.1, 0.15) is 0 Å². The summed E-state index contributed by atoms with van der Waals surface area (Å²) in [6, 6.07) is 15.6. The molecule has 0 saturated carbocycles. The fourth-order valence-corrected chi connectivity index (χ4v) is 3.11. The largest absolute Gasteiger partial charge is 0.434 e. The van der Waals surface area contributed by atoms with Gasteiger partial charge >= 0.3 is 6.18 Å². The van der Waals surface area contributed by atoms with Crippen molar-refractivity contribution >= 4 is 0 Å². The van der Waals surface area contributed by atoms with Gasteiger partial charge in [0.2, 0.25) is 5.82 Å². The molecule has 2 heterocycles. The molecule has 4 rings (SSSR count). The average molecular weight is 412 g/mol. The maximum Gasteiger partial charge on any atom is 0.434 e. The van der Waals surface area contributed by atoms with Crippen LogP contribution in [0.15, 0.2) is 65.3 Å². The smallest absolute Gasteiger partial charge is 0.333 e. The third kappa shape index (κ3) is 3.72. The minimum Gasteiger partial charge on any atom is -0.333 e. The summed E-state index contributed by atoms with van der Waals surface area (Å²) in [6.07, 6.45) is -3.57. The van der Waals surface area contributed by atoms with E-state index in [4.69, 9.17) is 4.52 Å². The monoisotopic (exact) mass is 412 g/mol. The summed E-state index contributed by atoms with van der Waals surface area (Å²) in [4.78, 5) is 4.19. The summed E-state index contributed by atoms with van der Waals surface area (Å²) in [5.41, 5.74) is 0.812. The highest BCUT2D eigenvalue weighted by molar-refractivity contribution is 5.62. The van der Waals surface area contributed by atoms with E-state index in [1.54, 1.807) is 30.3 Å². The lowest BCUT2D eigenvalue weighted by molar-refractivity contribution is -0.142. The molecule has 4 aromatic rings. The number of hydrogen-bond donors (Lipinski definition) is 0. The van der Waals surface area contributed by atoms with Gasteiger partial charge in [0.25, 0.3) is 5.89 Å². The zero-order valence-corrected chi connectivity index (χ0v) is 16.6. The molecule has 0 N–H and O–H groups in total. The molecule has 30 heavy (non-hydrogen) atoms. The van der Waals surface area contributed by atoms with Gasteiger partial charge in [-0.05, 0) is 23.1 Å². The highest BCUT2D eigenvalue weighted by Crippen LogP contribution is 2.38. The van der Waals surface area contributed by atoms with Gasteiger partial charge in [-0.1, -0.05) is 68.4 Å². The van der Waals surface area contributed by atoms with Crippen LogP contribution in [-0.4, -0.2) is 19.9 Å². The Morgan fingerprint density at radius 3 is 2.17 bits per heavy atom. The van der Waals surface area contributed by atoms with E-state index in [1.807, 2.05) is 24.3 Å². The second kappa shape index (κ2) is 7.12. The lowest BCUT2D eigenvalue weighted by Gasteiger charge is -2.18. The quantitative estimate of drug-likeness (QED) is 0.420. The number of aromatic nitrogens is 4. The van der Waals surface area contributed by atoms with Gasteiger partial charge < -0.3 is 4.52 Å². The number of alkyl halides is 3. The summed E-state index contributed by atoms with van der Waals surface area (Å²) in [7, 11) is 0. The number of rotatable bonds is 3. The van der Waals surface area contributed by atoms with Crippen molar-refractivity contribution in [2.45, 2.75) is 32.4 Å². The van der Waals surface area contributed by atoms with Crippen molar-refractivity contribution in [2.24, 2.45) is 0 Å². The number of benzene rings is 2. The first-order valence-electron chi connectivity index (χ1n) is 9.30. The van der Waals surface area contributed by atoms with Crippen LogP contribution in [0.5, 0.6) is 0 Å². The summed E-state index contributed by atoms with van der Waals surface area (Å²) >= 11 is 0. The van der Waals surface area contributed by atoms with Crippen LogP contribution in [0.25, 0.3) is 28.5 Å². The standard InChI is InChI=1S/C22H19F3N4O/c1-21(2,3)15-11-9-14(10-12-15)19-27-20(30-28-19)17-13-26-29(18(17)22(23,24)25)16-7-5-4-6-8-16/h4-13H,1-3H3. The third-order valence-corrected chi connectivity index (χ3v) is 4.70. The van der Waals surface area contributed by atoms with E-state index in [-0.39, 0.29) is 28.4 Å². The number of hydrogen-bond acceptors (Lipinski definition) is 4. The van der Waals surface area contributed by atoms with Crippen molar-refractivity contribution in [2.75, 3.05) is 0 Å². The molecule has 0 fully saturated rings. The second-order valence-electron chi connectivity index (χ2n) is 7.90. The van der Waals surface area contributed by atoms with Crippen LogP contribution < -0.4 is 0 Å². The molecule has 0 atom stereocenters. The molecule has 0 radical (unpaired) electrons. The topological polar surface area (TPSA) is 56.7 Å². The Bertz CT molecular complexity index is 1150. The summed E-state index contributed by atoms with van der Waals surface area (Å²) in [5, 5.41) is 7.79. The first-order chi connectivity index (χ1) is 14.1. The number of para-hydroxylation sites is 1. The SMILES string of the molecule is CC(C)(C)c1ccc(-c2noc(-c3cnn(-c4ccccc4)c3C(F)(F)F)n2)cc1. The van der Waals surface area contributed by atoms with Crippen molar-refractivity contribution in [3.8, 4) is 28.5 Å². The Kier molecular flexibility index (Phi) is 4.72. The Balaban J connectivity index is 1.74. The van der Waals surface area contributed by atoms with E-state index in [2.05, 4.69) is 36.0 Å². The van der Waals surface area contributed by atoms with E-state index in [0.29, 0.717) is 5.56 Å². The van der Waals surface area contributed by atoms with Gasteiger partial charge in [-0.3, -0.25) is 0 Å². The Labute approximate surface area is 171 Å². The molecule has 2 aromatic heterocycles. The van der Waals surface area contributed by atoms with Gasteiger partial charge in [-0.2, -0.15) is 23.3 Å². The minimum absolute atomic E-state index is 0.0193. The Morgan fingerprint density at radius 1 is 0.900 bits per heavy atom. The Morgan fingerprint density at radius 2 is 1.57 bits per heavy atom. The third-order valence-electron chi connectivity index (χ3n) is 4.70. The van der Waals surface area contributed by atoms with Crippen molar-refractivity contribution in [1.82, 2.24) is 19.9 Å². The molecule has 0 aliphatic rings. The predicted molar refractivity (Wildman–Crippen MR) is 106 cm³/mol. The number of nitrogens with zero attached hydrogens (tertiary/aromatic N) is 4. The minimum atomic E-state index is -4.66. The van der Waals surface area contributed by atoms with E-state index in [0.717, 1.165) is 16.4 Å².